The number of anilines is 1. The number of carbonyl (C=O) groups excluding carboxylic acids is 1. The number of nitrogen functional groups attached to an aromatic ring is 1. The quantitative estimate of drug-likeness (QED) is 0.465. The van der Waals surface area contributed by atoms with Gasteiger partial charge < -0.3 is 26.2 Å². The van der Waals surface area contributed by atoms with E-state index in [-0.39, 0.29) is 18.1 Å². The van der Waals surface area contributed by atoms with E-state index in [9.17, 15) is 19.4 Å². The van der Waals surface area contributed by atoms with Crippen molar-refractivity contribution >= 4 is 19.5 Å². The van der Waals surface area contributed by atoms with Crippen LogP contribution in [-0.4, -0.2) is 50.4 Å². The number of primary amides is 1. The third-order valence-electron chi connectivity index (χ3n) is 3.31. The summed E-state index contributed by atoms with van der Waals surface area (Å²) in [5.41, 5.74) is 10.7. The van der Waals surface area contributed by atoms with E-state index in [1.54, 1.807) is 0 Å². The predicted octanol–water partition coefficient (Wildman–Crippen LogP) is -1.66. The zero-order valence-corrected chi connectivity index (χ0v) is 11.4. The lowest BCUT2D eigenvalue weighted by Crippen LogP contribution is -2.39. The minimum Gasteiger partial charge on any atom is -0.386 e. The first-order chi connectivity index (χ1) is 9.80. The molecule has 11 nitrogen and oxygen atoms in total. The van der Waals surface area contributed by atoms with Crippen molar-refractivity contribution in [3.8, 4) is 0 Å². The maximum absolute atomic E-state index is 11.4. The standard InChI is InChI=1S/C9H13N4O7P/c10-7-4(8(11)15)12-2-13(7)9-5(14)6-3(19-9)1-18-21(16,17)20-6/h2-3,5-6,9,14H,1,10H2,(H2,11,15)(H,16,17)/t3-,5+,6+,9-/m1/s1. The Bertz CT molecular complexity index is 634. The zero-order valence-electron chi connectivity index (χ0n) is 10.5. The van der Waals surface area contributed by atoms with Crippen molar-refractivity contribution < 1.29 is 33.1 Å². The number of nitrogens with zero attached hydrogens (tertiary/aromatic N) is 2. The van der Waals surface area contributed by atoms with E-state index >= 15 is 0 Å². The highest BCUT2D eigenvalue weighted by Crippen LogP contribution is 2.52. The zero-order chi connectivity index (χ0) is 15.4. The number of hydrogen-bond acceptors (Lipinski definition) is 8. The number of amides is 1. The molecule has 0 saturated carbocycles. The van der Waals surface area contributed by atoms with Crippen LogP contribution in [0.15, 0.2) is 6.33 Å². The van der Waals surface area contributed by atoms with Gasteiger partial charge in [-0.15, -0.1) is 0 Å². The van der Waals surface area contributed by atoms with E-state index in [0.717, 1.165) is 0 Å². The summed E-state index contributed by atoms with van der Waals surface area (Å²) in [5.74, 6) is -0.908. The van der Waals surface area contributed by atoms with Gasteiger partial charge in [-0.2, -0.15) is 0 Å². The molecule has 6 N–H and O–H groups in total. The SMILES string of the molecule is NC(=O)c1ncn([C@@H]2O[C@@H]3COP(=O)(O)O[C@@H]3[C@@H]2O)c1N. The highest BCUT2D eigenvalue weighted by Gasteiger charge is 2.52. The summed E-state index contributed by atoms with van der Waals surface area (Å²) in [4.78, 5) is 24.1. The second-order valence-electron chi connectivity index (χ2n) is 4.64. The summed E-state index contributed by atoms with van der Waals surface area (Å²) in [6.45, 7) is -0.219. The fourth-order valence-electron chi connectivity index (χ4n) is 2.33. The van der Waals surface area contributed by atoms with Crippen LogP contribution in [-0.2, 0) is 18.3 Å². The van der Waals surface area contributed by atoms with E-state index in [1.165, 1.54) is 10.9 Å². The van der Waals surface area contributed by atoms with Crippen LogP contribution in [0.1, 0.15) is 16.7 Å². The van der Waals surface area contributed by atoms with Gasteiger partial charge in [-0.25, -0.2) is 9.55 Å². The number of nitrogens with two attached hydrogens (primary N) is 2. The molecule has 5 atom stereocenters. The Morgan fingerprint density at radius 3 is 2.90 bits per heavy atom. The van der Waals surface area contributed by atoms with Crippen LogP contribution in [0.4, 0.5) is 5.82 Å². The van der Waals surface area contributed by atoms with Crippen LogP contribution >= 0.6 is 7.82 Å². The summed E-state index contributed by atoms with van der Waals surface area (Å²) in [5, 5.41) is 10.2. The van der Waals surface area contributed by atoms with Gasteiger partial charge in [0.15, 0.2) is 11.9 Å². The average molecular weight is 320 g/mol. The maximum atomic E-state index is 11.4. The number of fused-ring (bicyclic) bond motifs is 1. The van der Waals surface area contributed by atoms with Gasteiger partial charge in [0.1, 0.15) is 24.1 Å². The number of rotatable bonds is 2. The number of aliphatic hydroxyl groups is 1. The maximum Gasteiger partial charge on any atom is 0.472 e. The van der Waals surface area contributed by atoms with E-state index < -0.39 is 38.3 Å². The normalized spacial score (nSPS) is 39.1. The first-order valence-corrected chi connectivity index (χ1v) is 7.41. The smallest absolute Gasteiger partial charge is 0.386 e. The molecule has 1 aromatic heterocycles. The summed E-state index contributed by atoms with van der Waals surface area (Å²) in [7, 11) is -4.20. The molecule has 12 heteroatoms. The van der Waals surface area contributed by atoms with Crippen LogP contribution in [0.25, 0.3) is 0 Å². The molecule has 116 valence electrons. The Kier molecular flexibility index (Phi) is 3.28. The van der Waals surface area contributed by atoms with Gasteiger partial charge in [0.2, 0.25) is 0 Å². The number of hydrogen-bond donors (Lipinski definition) is 4. The lowest BCUT2D eigenvalue weighted by molar-refractivity contribution is -0.0668. The molecular weight excluding hydrogens is 307 g/mol. The van der Waals surface area contributed by atoms with E-state index in [1.807, 2.05) is 0 Å². The molecule has 0 bridgehead atoms. The van der Waals surface area contributed by atoms with Crippen LogP contribution in [0.2, 0.25) is 0 Å². The Morgan fingerprint density at radius 1 is 1.57 bits per heavy atom. The first-order valence-electron chi connectivity index (χ1n) is 5.91. The second kappa shape index (κ2) is 4.77. The van der Waals surface area contributed by atoms with Crippen molar-refractivity contribution in [2.75, 3.05) is 12.3 Å². The average Bonchev–Trinajstić information content (AvgIpc) is 2.90. The van der Waals surface area contributed by atoms with Gasteiger partial charge in [-0.05, 0) is 0 Å². The Morgan fingerprint density at radius 2 is 2.29 bits per heavy atom. The van der Waals surface area contributed by atoms with Gasteiger partial charge in [0.25, 0.3) is 5.91 Å². The third kappa shape index (κ3) is 2.33. The molecule has 0 spiro atoms. The second-order valence-corrected chi connectivity index (χ2v) is 6.05. The molecule has 1 amide bonds. The highest BCUT2D eigenvalue weighted by atomic mass is 31.2. The van der Waals surface area contributed by atoms with Crippen molar-refractivity contribution in [2.45, 2.75) is 24.5 Å². The van der Waals surface area contributed by atoms with Crippen molar-refractivity contribution in [3.63, 3.8) is 0 Å². The summed E-state index contributed by atoms with van der Waals surface area (Å²) >= 11 is 0. The number of phosphoric ester groups is 1. The molecule has 2 aliphatic heterocycles. The highest BCUT2D eigenvalue weighted by molar-refractivity contribution is 7.47. The Balaban J connectivity index is 1.88. The van der Waals surface area contributed by atoms with Gasteiger partial charge in [-0.1, -0.05) is 0 Å². The topological polar surface area (TPSA) is 172 Å². The van der Waals surface area contributed by atoms with Crippen LogP contribution in [0.3, 0.4) is 0 Å². The van der Waals surface area contributed by atoms with E-state index in [0.29, 0.717) is 0 Å². The molecule has 2 aliphatic rings. The Hall–Kier alpha value is -1.49. The van der Waals surface area contributed by atoms with Crippen molar-refractivity contribution in [3.05, 3.63) is 12.0 Å². The lowest BCUT2D eigenvalue weighted by Gasteiger charge is -2.27. The fraction of sp³-hybridized carbons (Fsp3) is 0.556. The number of phosphoric acid groups is 1. The third-order valence-corrected chi connectivity index (χ3v) is 4.29. The molecule has 0 radical (unpaired) electrons. The molecule has 3 heterocycles. The molecule has 3 rings (SSSR count). The number of carbonyl (C=O) groups is 1. The Labute approximate surface area is 118 Å². The summed E-state index contributed by atoms with van der Waals surface area (Å²) in [6.07, 6.45) is -2.96. The summed E-state index contributed by atoms with van der Waals surface area (Å²) in [6, 6.07) is 0. The number of ether oxygens (including phenoxy) is 1. The predicted molar refractivity (Wildman–Crippen MR) is 65.7 cm³/mol. The molecule has 2 saturated heterocycles. The molecule has 0 aliphatic carbocycles. The van der Waals surface area contributed by atoms with Crippen molar-refractivity contribution in [2.24, 2.45) is 5.73 Å². The van der Waals surface area contributed by atoms with Crippen LogP contribution < -0.4 is 11.5 Å². The molecule has 21 heavy (non-hydrogen) atoms. The van der Waals surface area contributed by atoms with Gasteiger partial charge in [0.05, 0.1) is 12.9 Å². The molecule has 1 aromatic rings. The molecule has 1 unspecified atom stereocenters. The molecule has 2 fully saturated rings. The minimum absolute atomic E-state index is 0.0849. The van der Waals surface area contributed by atoms with Crippen molar-refractivity contribution in [1.82, 2.24) is 9.55 Å². The number of aliphatic hydroxyl groups excluding tert-OH is 1. The fourth-order valence-corrected chi connectivity index (χ4v) is 3.29. The lowest BCUT2D eigenvalue weighted by atomic mass is 10.1. The number of aromatic nitrogens is 2. The van der Waals surface area contributed by atoms with E-state index in [4.69, 9.17) is 20.7 Å². The van der Waals surface area contributed by atoms with Gasteiger partial charge >= 0.3 is 7.82 Å². The molecule has 0 aromatic carbocycles. The first kappa shape index (κ1) is 14.4. The van der Waals surface area contributed by atoms with Gasteiger partial charge in [-0.3, -0.25) is 18.4 Å². The minimum atomic E-state index is -4.20. The van der Waals surface area contributed by atoms with Crippen molar-refractivity contribution in [1.29, 1.82) is 0 Å². The van der Waals surface area contributed by atoms with Crippen LogP contribution in [0.5, 0.6) is 0 Å². The van der Waals surface area contributed by atoms with E-state index in [2.05, 4.69) is 9.51 Å². The summed E-state index contributed by atoms with van der Waals surface area (Å²) < 4.78 is 27.5. The van der Waals surface area contributed by atoms with Crippen LogP contribution in [0, 0.1) is 0 Å². The molecular formula is C9H13N4O7P. The number of imidazole rings is 1. The van der Waals surface area contributed by atoms with Gasteiger partial charge in [0, 0.05) is 0 Å². The largest absolute Gasteiger partial charge is 0.472 e. The monoisotopic (exact) mass is 320 g/mol.